The molecule has 1 fully saturated rings. The van der Waals surface area contributed by atoms with E-state index in [1.54, 1.807) is 12.4 Å². The van der Waals surface area contributed by atoms with Gasteiger partial charge in [-0.2, -0.15) is 5.26 Å². The highest BCUT2D eigenvalue weighted by Gasteiger charge is 2.32. The Balaban J connectivity index is 1.94. The highest BCUT2D eigenvalue weighted by Crippen LogP contribution is 2.33. The lowest BCUT2D eigenvalue weighted by Gasteiger charge is -2.24. The number of rotatable bonds is 4. The van der Waals surface area contributed by atoms with Gasteiger partial charge in [0, 0.05) is 30.7 Å². The minimum absolute atomic E-state index is 0.369. The van der Waals surface area contributed by atoms with E-state index in [0.717, 1.165) is 24.1 Å². The molecule has 0 unspecified atom stereocenters. The van der Waals surface area contributed by atoms with Gasteiger partial charge in [0.25, 0.3) is 0 Å². The van der Waals surface area contributed by atoms with E-state index in [-0.39, 0.29) is 0 Å². The van der Waals surface area contributed by atoms with Crippen LogP contribution in [-0.2, 0) is 6.54 Å². The largest absolute Gasteiger partial charge is 0.398 e. The number of nitriles is 1. The van der Waals surface area contributed by atoms with Crippen LogP contribution in [0.3, 0.4) is 0 Å². The molecule has 5 nitrogen and oxygen atoms in total. The zero-order valence-electron chi connectivity index (χ0n) is 11.0. The third kappa shape index (κ3) is 2.41. The summed E-state index contributed by atoms with van der Waals surface area (Å²) in [7, 11) is 0. The maximum Gasteiger partial charge on any atom is 0.183 e. The first-order valence-electron chi connectivity index (χ1n) is 6.60. The van der Waals surface area contributed by atoms with Crippen LogP contribution in [0.5, 0.6) is 0 Å². The maximum absolute atomic E-state index is 9.19. The molecule has 0 saturated heterocycles. The van der Waals surface area contributed by atoms with Gasteiger partial charge in [-0.15, -0.1) is 0 Å². The maximum atomic E-state index is 9.19. The van der Waals surface area contributed by atoms with E-state index >= 15 is 0 Å². The molecule has 1 aliphatic rings. The number of nitrogens with two attached hydrogens (primary N) is 1. The zero-order chi connectivity index (χ0) is 13.9. The first kappa shape index (κ1) is 12.4. The van der Waals surface area contributed by atoms with Crippen LogP contribution < -0.4 is 10.6 Å². The first-order valence-corrected chi connectivity index (χ1v) is 6.60. The first-order chi connectivity index (χ1) is 9.79. The molecule has 1 aliphatic carbocycles. The van der Waals surface area contributed by atoms with Gasteiger partial charge in [-0.25, -0.2) is 9.97 Å². The molecule has 3 rings (SSSR count). The van der Waals surface area contributed by atoms with E-state index < -0.39 is 0 Å². The minimum Gasteiger partial charge on any atom is -0.398 e. The fourth-order valence-electron chi connectivity index (χ4n) is 2.24. The second-order valence-corrected chi connectivity index (χ2v) is 4.90. The van der Waals surface area contributed by atoms with Crippen LogP contribution >= 0.6 is 0 Å². The molecule has 0 spiro atoms. The number of nitrogen functional groups attached to an aromatic ring is 1. The number of aromatic nitrogens is 2. The van der Waals surface area contributed by atoms with Crippen molar-refractivity contribution in [2.24, 2.45) is 0 Å². The van der Waals surface area contributed by atoms with Gasteiger partial charge in [0.15, 0.2) is 11.5 Å². The lowest BCUT2D eigenvalue weighted by Crippen LogP contribution is -2.27. The fraction of sp³-hybridized carbons (Fsp3) is 0.267. The summed E-state index contributed by atoms with van der Waals surface area (Å²) in [5.74, 6) is 0.653. The van der Waals surface area contributed by atoms with Crippen molar-refractivity contribution in [3.8, 4) is 6.07 Å². The molecule has 5 heteroatoms. The van der Waals surface area contributed by atoms with Gasteiger partial charge in [-0.05, 0) is 24.5 Å². The molecule has 1 heterocycles. The lowest BCUT2D eigenvalue weighted by molar-refractivity contribution is 0.773. The van der Waals surface area contributed by atoms with Crippen LogP contribution in [0.25, 0.3) is 0 Å². The normalized spacial score (nSPS) is 13.8. The molecule has 1 aromatic carbocycles. The van der Waals surface area contributed by atoms with E-state index in [1.165, 1.54) is 0 Å². The minimum atomic E-state index is 0.369. The summed E-state index contributed by atoms with van der Waals surface area (Å²) in [6.45, 7) is 0.657. The predicted octanol–water partition coefficient (Wildman–Crippen LogP) is 2.10. The van der Waals surface area contributed by atoms with Crippen molar-refractivity contribution in [1.82, 2.24) is 9.97 Å². The second-order valence-electron chi connectivity index (χ2n) is 4.90. The molecule has 100 valence electrons. The van der Waals surface area contributed by atoms with Crippen LogP contribution in [0.4, 0.5) is 11.5 Å². The molecule has 1 aromatic heterocycles. The average molecular weight is 265 g/mol. The van der Waals surface area contributed by atoms with Crippen LogP contribution in [0.2, 0.25) is 0 Å². The number of anilines is 2. The molecule has 0 radical (unpaired) electrons. The summed E-state index contributed by atoms with van der Waals surface area (Å²) >= 11 is 0. The number of hydrogen-bond donors (Lipinski definition) is 1. The van der Waals surface area contributed by atoms with Gasteiger partial charge < -0.3 is 10.6 Å². The van der Waals surface area contributed by atoms with Crippen LogP contribution in [0, 0.1) is 11.3 Å². The van der Waals surface area contributed by atoms with E-state index in [0.29, 0.717) is 24.1 Å². The molecule has 0 bridgehead atoms. The molecule has 0 aliphatic heterocycles. The number of nitrogens with zero attached hydrogens (tertiary/aromatic N) is 4. The van der Waals surface area contributed by atoms with Crippen molar-refractivity contribution < 1.29 is 0 Å². The molecular weight excluding hydrogens is 250 g/mol. The van der Waals surface area contributed by atoms with Crippen LogP contribution in [-0.4, -0.2) is 16.0 Å². The number of hydrogen-bond acceptors (Lipinski definition) is 5. The van der Waals surface area contributed by atoms with Crippen LogP contribution in [0.15, 0.2) is 36.7 Å². The highest BCUT2D eigenvalue weighted by atomic mass is 15.2. The molecule has 2 aromatic rings. The van der Waals surface area contributed by atoms with Gasteiger partial charge in [-0.1, -0.05) is 18.2 Å². The standard InChI is InChI=1S/C15H15N5/c16-9-14-15(19-8-7-18-14)20(12-5-6-12)10-11-3-1-2-4-13(11)17/h1-4,7-8,12H,5-6,10,17H2. The molecular formula is C15H15N5. The summed E-state index contributed by atoms with van der Waals surface area (Å²) in [5.41, 5.74) is 8.19. The lowest BCUT2D eigenvalue weighted by atomic mass is 10.1. The van der Waals surface area contributed by atoms with Crippen molar-refractivity contribution in [3.05, 3.63) is 47.9 Å². The summed E-state index contributed by atoms with van der Waals surface area (Å²) in [4.78, 5) is 10.6. The van der Waals surface area contributed by atoms with E-state index in [9.17, 15) is 5.26 Å². The van der Waals surface area contributed by atoms with Crippen LogP contribution in [0.1, 0.15) is 24.1 Å². The molecule has 0 amide bonds. The Hall–Kier alpha value is -2.61. The number of para-hydroxylation sites is 1. The Morgan fingerprint density at radius 3 is 2.70 bits per heavy atom. The monoisotopic (exact) mass is 265 g/mol. The summed E-state index contributed by atoms with van der Waals surface area (Å²) < 4.78 is 0. The predicted molar refractivity (Wildman–Crippen MR) is 76.8 cm³/mol. The Labute approximate surface area is 117 Å². The van der Waals surface area contributed by atoms with E-state index in [1.807, 2.05) is 24.3 Å². The van der Waals surface area contributed by atoms with Gasteiger partial charge in [0.1, 0.15) is 6.07 Å². The van der Waals surface area contributed by atoms with Crippen molar-refractivity contribution in [3.63, 3.8) is 0 Å². The Bertz CT molecular complexity index is 657. The van der Waals surface area contributed by atoms with Gasteiger partial charge >= 0.3 is 0 Å². The third-order valence-corrected chi connectivity index (χ3v) is 3.44. The quantitative estimate of drug-likeness (QED) is 0.856. The Morgan fingerprint density at radius 2 is 2.00 bits per heavy atom. The summed E-state index contributed by atoms with van der Waals surface area (Å²) in [6, 6.07) is 10.3. The van der Waals surface area contributed by atoms with Gasteiger partial charge in [-0.3, -0.25) is 0 Å². The molecule has 20 heavy (non-hydrogen) atoms. The molecule has 2 N–H and O–H groups in total. The van der Waals surface area contributed by atoms with Crippen molar-refractivity contribution in [1.29, 1.82) is 5.26 Å². The Kier molecular flexibility index (Phi) is 3.21. The highest BCUT2D eigenvalue weighted by molar-refractivity contribution is 5.54. The topological polar surface area (TPSA) is 78.8 Å². The second kappa shape index (κ2) is 5.17. The SMILES string of the molecule is N#Cc1nccnc1N(Cc1ccccc1N)C1CC1. The summed E-state index contributed by atoms with van der Waals surface area (Å²) in [6.07, 6.45) is 5.41. The van der Waals surface area contributed by atoms with Crippen molar-refractivity contribution >= 4 is 11.5 Å². The van der Waals surface area contributed by atoms with Gasteiger partial charge in [0.2, 0.25) is 0 Å². The van der Waals surface area contributed by atoms with Gasteiger partial charge in [0.05, 0.1) is 0 Å². The fourth-order valence-corrected chi connectivity index (χ4v) is 2.24. The Morgan fingerprint density at radius 1 is 1.25 bits per heavy atom. The van der Waals surface area contributed by atoms with E-state index in [4.69, 9.17) is 5.73 Å². The smallest absolute Gasteiger partial charge is 0.183 e. The van der Waals surface area contributed by atoms with E-state index in [2.05, 4.69) is 20.9 Å². The zero-order valence-corrected chi connectivity index (χ0v) is 11.0. The summed E-state index contributed by atoms with van der Waals surface area (Å²) in [5, 5.41) is 9.19. The average Bonchev–Trinajstić information content (AvgIpc) is 3.31. The molecule has 0 atom stereocenters. The third-order valence-electron chi connectivity index (χ3n) is 3.44. The molecule has 1 saturated carbocycles. The number of benzene rings is 1. The van der Waals surface area contributed by atoms with Crippen molar-refractivity contribution in [2.45, 2.75) is 25.4 Å². The van der Waals surface area contributed by atoms with Crippen molar-refractivity contribution in [2.75, 3.05) is 10.6 Å².